The summed E-state index contributed by atoms with van der Waals surface area (Å²) in [5.74, 6) is -1.50. The maximum atomic E-state index is 12.7. The van der Waals surface area contributed by atoms with Crippen molar-refractivity contribution < 1.29 is 22.8 Å². The summed E-state index contributed by atoms with van der Waals surface area (Å²) in [6, 6.07) is 7.41. The molecule has 1 saturated heterocycles. The number of piperazine rings is 1. The van der Waals surface area contributed by atoms with Crippen LogP contribution in [0.5, 0.6) is 0 Å². The quantitative estimate of drug-likeness (QED) is 0.585. The van der Waals surface area contributed by atoms with Gasteiger partial charge in [-0.2, -0.15) is 4.31 Å². The fourth-order valence-corrected chi connectivity index (χ4v) is 4.00. The second-order valence-electron chi connectivity index (χ2n) is 6.81. The number of nitrogens with one attached hydrogen (secondary N) is 2. The molecular weight excluding hydrogens is 452 g/mol. The van der Waals surface area contributed by atoms with Gasteiger partial charge in [0.25, 0.3) is 0 Å². The molecule has 1 heterocycles. The lowest BCUT2D eigenvalue weighted by Gasteiger charge is -2.44. The van der Waals surface area contributed by atoms with E-state index in [0.29, 0.717) is 0 Å². The molecule has 1 fully saturated rings. The van der Waals surface area contributed by atoms with E-state index in [1.54, 1.807) is 0 Å². The van der Waals surface area contributed by atoms with Gasteiger partial charge in [-0.3, -0.25) is 14.4 Å². The first-order chi connectivity index (χ1) is 12.9. The zero-order valence-corrected chi connectivity index (χ0v) is 18.3. The van der Waals surface area contributed by atoms with Crippen molar-refractivity contribution in [2.45, 2.75) is 19.0 Å². The minimum Gasteiger partial charge on any atom is -0.350 e. The molecule has 1 aromatic carbocycles. The van der Waals surface area contributed by atoms with Crippen LogP contribution in [0.15, 0.2) is 28.7 Å². The fraction of sp³-hybridized carbons (Fsp3) is 0.471. The van der Waals surface area contributed by atoms with Crippen molar-refractivity contribution in [1.29, 1.82) is 0 Å². The Balaban J connectivity index is 1.97. The highest BCUT2D eigenvalue weighted by Gasteiger charge is 2.47. The van der Waals surface area contributed by atoms with Crippen LogP contribution in [-0.2, 0) is 31.0 Å². The molecular formula is C17H23BrN4O5S. The van der Waals surface area contributed by atoms with Gasteiger partial charge in [0, 0.05) is 24.6 Å². The number of hydrogen-bond donors (Lipinski definition) is 2. The summed E-state index contributed by atoms with van der Waals surface area (Å²) < 4.78 is 25.5. The monoisotopic (exact) mass is 474 g/mol. The average Bonchev–Trinajstić information content (AvgIpc) is 2.62. The van der Waals surface area contributed by atoms with Crippen molar-refractivity contribution >= 4 is 43.7 Å². The predicted octanol–water partition coefficient (Wildman–Crippen LogP) is -0.326. The first-order valence-electron chi connectivity index (χ1n) is 8.45. The average molecular weight is 475 g/mol. The minimum atomic E-state index is -3.64. The van der Waals surface area contributed by atoms with Crippen LogP contribution >= 0.6 is 15.9 Å². The number of rotatable bonds is 6. The second kappa shape index (κ2) is 8.58. The molecule has 11 heteroatoms. The number of sulfonamides is 1. The van der Waals surface area contributed by atoms with Crippen LogP contribution in [0.1, 0.15) is 12.5 Å². The first kappa shape index (κ1) is 22.3. The van der Waals surface area contributed by atoms with Gasteiger partial charge >= 0.3 is 0 Å². The van der Waals surface area contributed by atoms with Crippen LogP contribution in [-0.4, -0.2) is 73.8 Å². The summed E-state index contributed by atoms with van der Waals surface area (Å²) in [4.78, 5) is 38.1. The fourth-order valence-electron chi connectivity index (χ4n) is 2.75. The molecule has 2 N–H and O–H groups in total. The highest BCUT2D eigenvalue weighted by molar-refractivity contribution is 9.10. The smallest absolute Gasteiger partial charge is 0.247 e. The predicted molar refractivity (Wildman–Crippen MR) is 107 cm³/mol. The molecule has 3 amide bonds. The van der Waals surface area contributed by atoms with Gasteiger partial charge < -0.3 is 15.5 Å². The van der Waals surface area contributed by atoms with E-state index in [-0.39, 0.29) is 26.2 Å². The maximum absolute atomic E-state index is 12.7. The maximum Gasteiger partial charge on any atom is 0.247 e. The molecule has 28 heavy (non-hydrogen) atoms. The lowest BCUT2D eigenvalue weighted by molar-refractivity contribution is -0.150. The molecule has 0 aromatic heterocycles. The molecule has 0 radical (unpaired) electrons. The molecule has 0 saturated carbocycles. The Hall–Kier alpha value is -1.98. The lowest BCUT2D eigenvalue weighted by atomic mass is 9.96. The van der Waals surface area contributed by atoms with E-state index >= 15 is 0 Å². The van der Waals surface area contributed by atoms with E-state index in [0.717, 1.165) is 20.6 Å². The number of likely N-dealkylation sites (N-methyl/N-ethyl adjacent to an activating group) is 1. The molecule has 0 spiro atoms. The van der Waals surface area contributed by atoms with Gasteiger partial charge in [-0.05, 0) is 18.6 Å². The molecule has 1 atom stereocenters. The Morgan fingerprint density at radius 3 is 2.50 bits per heavy atom. The Kier molecular flexibility index (Phi) is 6.84. The van der Waals surface area contributed by atoms with E-state index in [4.69, 9.17) is 0 Å². The topological polar surface area (TPSA) is 116 Å². The Morgan fingerprint density at radius 2 is 1.89 bits per heavy atom. The van der Waals surface area contributed by atoms with Gasteiger partial charge in [0.05, 0.1) is 19.3 Å². The van der Waals surface area contributed by atoms with Gasteiger partial charge in [0.15, 0.2) is 0 Å². The first-order valence-corrected chi connectivity index (χ1v) is 11.1. The van der Waals surface area contributed by atoms with E-state index in [2.05, 4.69) is 26.6 Å². The Morgan fingerprint density at radius 1 is 1.25 bits per heavy atom. The van der Waals surface area contributed by atoms with E-state index in [1.165, 1.54) is 18.9 Å². The SMILES string of the molecule is CN1C(=O)CN(S(C)(=O)=O)C[C@@]1(C)C(=O)NCC(=O)NCc1ccccc1Br. The molecule has 1 aliphatic heterocycles. The van der Waals surface area contributed by atoms with Gasteiger partial charge in [0.1, 0.15) is 5.54 Å². The largest absolute Gasteiger partial charge is 0.350 e. The molecule has 0 bridgehead atoms. The molecule has 2 rings (SSSR count). The standard InChI is InChI=1S/C17H23BrN4O5S/c1-17(11-22(28(3,26)27)10-15(24)21(17)2)16(25)20-9-14(23)19-8-12-6-4-5-7-13(12)18/h4-7H,8-11H2,1-3H3,(H,19,23)(H,20,25)/t17-/m0/s1. The number of amides is 3. The number of carbonyl (C=O) groups is 3. The normalized spacial score (nSPS) is 20.7. The van der Waals surface area contributed by atoms with Crippen LogP contribution in [0.4, 0.5) is 0 Å². The number of halogens is 1. The van der Waals surface area contributed by atoms with Crippen LogP contribution in [0.2, 0.25) is 0 Å². The minimum absolute atomic E-state index is 0.182. The number of benzene rings is 1. The van der Waals surface area contributed by atoms with Gasteiger partial charge in [-0.15, -0.1) is 0 Å². The molecule has 1 aliphatic rings. The van der Waals surface area contributed by atoms with Gasteiger partial charge in [0.2, 0.25) is 27.7 Å². The summed E-state index contributed by atoms with van der Waals surface area (Å²) in [5.41, 5.74) is -0.531. The van der Waals surface area contributed by atoms with E-state index in [9.17, 15) is 22.8 Å². The zero-order chi connectivity index (χ0) is 21.1. The number of hydrogen-bond acceptors (Lipinski definition) is 5. The van der Waals surface area contributed by atoms with Gasteiger partial charge in [-0.1, -0.05) is 34.1 Å². The molecule has 1 aromatic rings. The highest BCUT2D eigenvalue weighted by atomic mass is 79.9. The van der Waals surface area contributed by atoms with Crippen molar-refractivity contribution in [3.8, 4) is 0 Å². The van der Waals surface area contributed by atoms with Crippen molar-refractivity contribution in [3.05, 3.63) is 34.3 Å². The Labute approximate surface area is 172 Å². The van der Waals surface area contributed by atoms with E-state index in [1.807, 2.05) is 24.3 Å². The van der Waals surface area contributed by atoms with Crippen molar-refractivity contribution in [2.75, 3.05) is 32.9 Å². The summed E-state index contributed by atoms with van der Waals surface area (Å²) in [6.45, 7) is 0.965. The van der Waals surface area contributed by atoms with Crippen LogP contribution in [0.25, 0.3) is 0 Å². The number of nitrogens with zero attached hydrogens (tertiary/aromatic N) is 2. The highest BCUT2D eigenvalue weighted by Crippen LogP contribution is 2.22. The second-order valence-corrected chi connectivity index (χ2v) is 9.65. The van der Waals surface area contributed by atoms with E-state index < -0.39 is 33.3 Å². The zero-order valence-electron chi connectivity index (χ0n) is 15.9. The van der Waals surface area contributed by atoms with Gasteiger partial charge in [-0.25, -0.2) is 8.42 Å². The summed E-state index contributed by atoms with van der Waals surface area (Å²) in [7, 11) is -2.20. The summed E-state index contributed by atoms with van der Waals surface area (Å²) in [6.07, 6.45) is 0.985. The van der Waals surface area contributed by atoms with Crippen LogP contribution in [0, 0.1) is 0 Å². The molecule has 0 unspecified atom stereocenters. The van der Waals surface area contributed by atoms with Crippen molar-refractivity contribution in [2.24, 2.45) is 0 Å². The Bertz CT molecular complexity index is 891. The molecule has 9 nitrogen and oxygen atoms in total. The molecule has 154 valence electrons. The van der Waals surface area contributed by atoms with Crippen LogP contribution in [0.3, 0.4) is 0 Å². The third-order valence-corrected chi connectivity index (χ3v) is 6.68. The lowest BCUT2D eigenvalue weighted by Crippen LogP contribution is -2.68. The van der Waals surface area contributed by atoms with Crippen molar-refractivity contribution in [1.82, 2.24) is 19.8 Å². The third-order valence-electron chi connectivity index (χ3n) is 4.71. The summed E-state index contributed by atoms with van der Waals surface area (Å²) >= 11 is 3.39. The third kappa shape index (κ3) is 5.09. The van der Waals surface area contributed by atoms with Crippen LogP contribution < -0.4 is 10.6 Å². The summed E-state index contributed by atoms with van der Waals surface area (Å²) in [5, 5.41) is 5.18. The van der Waals surface area contributed by atoms with Crippen molar-refractivity contribution in [3.63, 3.8) is 0 Å². The number of carbonyl (C=O) groups excluding carboxylic acids is 3. The molecule has 0 aliphatic carbocycles.